The molecule has 2 heteroatoms. The first-order valence-corrected chi connectivity index (χ1v) is 4.73. The molecular formula is C10H15NS. The van der Waals surface area contributed by atoms with Crippen LogP contribution >= 0.6 is 12.6 Å². The van der Waals surface area contributed by atoms with Gasteiger partial charge in [-0.25, -0.2) is 0 Å². The van der Waals surface area contributed by atoms with Crippen molar-refractivity contribution in [1.29, 1.82) is 0 Å². The molecule has 0 aliphatic rings. The molecule has 0 radical (unpaired) electrons. The first-order valence-electron chi connectivity index (χ1n) is 4.10. The Morgan fingerprint density at radius 3 is 2.33 bits per heavy atom. The molecule has 1 heterocycles. The lowest BCUT2D eigenvalue weighted by Crippen LogP contribution is -2.13. The van der Waals surface area contributed by atoms with Gasteiger partial charge in [-0.3, -0.25) is 4.98 Å². The van der Waals surface area contributed by atoms with Crippen molar-refractivity contribution in [2.24, 2.45) is 0 Å². The van der Waals surface area contributed by atoms with E-state index in [0.717, 1.165) is 11.4 Å². The van der Waals surface area contributed by atoms with Crippen molar-refractivity contribution in [3.05, 3.63) is 29.6 Å². The van der Waals surface area contributed by atoms with Gasteiger partial charge >= 0.3 is 0 Å². The van der Waals surface area contributed by atoms with Gasteiger partial charge in [0.1, 0.15) is 0 Å². The summed E-state index contributed by atoms with van der Waals surface area (Å²) in [7, 11) is 0. The maximum atomic E-state index is 4.37. The molecule has 0 bridgehead atoms. The zero-order valence-corrected chi connectivity index (χ0v) is 8.73. The van der Waals surface area contributed by atoms with Crippen LogP contribution in [-0.4, -0.2) is 4.98 Å². The number of thiol groups is 1. The van der Waals surface area contributed by atoms with E-state index in [1.165, 1.54) is 5.56 Å². The standard InChI is InChI=1S/C10H15NS/c1-10(2,3)9-5-4-8(7-12)6-11-9/h4-6,12H,7H2,1-3H3. The SMILES string of the molecule is CC(C)(C)c1ccc(CS)cn1. The van der Waals surface area contributed by atoms with E-state index in [1.54, 1.807) is 0 Å². The number of hydrogen-bond acceptors (Lipinski definition) is 2. The molecule has 1 rings (SSSR count). The summed E-state index contributed by atoms with van der Waals surface area (Å²) in [6.45, 7) is 6.49. The van der Waals surface area contributed by atoms with Crippen molar-refractivity contribution in [2.75, 3.05) is 0 Å². The zero-order valence-electron chi connectivity index (χ0n) is 7.83. The minimum absolute atomic E-state index is 0.148. The van der Waals surface area contributed by atoms with E-state index < -0.39 is 0 Å². The summed E-state index contributed by atoms with van der Waals surface area (Å²) in [4.78, 5) is 4.37. The lowest BCUT2D eigenvalue weighted by molar-refractivity contribution is 0.568. The third-order valence-electron chi connectivity index (χ3n) is 1.78. The number of aromatic nitrogens is 1. The summed E-state index contributed by atoms with van der Waals surface area (Å²) >= 11 is 4.18. The van der Waals surface area contributed by atoms with Gasteiger partial charge in [-0.2, -0.15) is 12.6 Å². The molecule has 1 nitrogen and oxygen atoms in total. The average Bonchev–Trinajstić information content (AvgIpc) is 2.03. The summed E-state index contributed by atoms with van der Waals surface area (Å²) in [5.74, 6) is 0.761. The van der Waals surface area contributed by atoms with Crippen molar-refractivity contribution in [2.45, 2.75) is 31.9 Å². The fourth-order valence-electron chi connectivity index (χ4n) is 0.962. The van der Waals surface area contributed by atoms with Gasteiger partial charge in [-0.1, -0.05) is 26.8 Å². The monoisotopic (exact) mass is 181 g/mol. The Morgan fingerprint density at radius 1 is 1.33 bits per heavy atom. The van der Waals surface area contributed by atoms with E-state index in [0.29, 0.717) is 0 Å². The van der Waals surface area contributed by atoms with Crippen LogP contribution < -0.4 is 0 Å². The first-order chi connectivity index (χ1) is 5.54. The Labute approximate surface area is 79.6 Å². The molecular weight excluding hydrogens is 166 g/mol. The molecule has 12 heavy (non-hydrogen) atoms. The Balaban J connectivity index is 2.93. The topological polar surface area (TPSA) is 12.9 Å². The molecule has 1 aromatic rings. The molecule has 0 aromatic carbocycles. The lowest BCUT2D eigenvalue weighted by Gasteiger charge is -2.17. The van der Waals surface area contributed by atoms with Crippen molar-refractivity contribution in [3.8, 4) is 0 Å². The predicted molar refractivity (Wildman–Crippen MR) is 55.6 cm³/mol. The van der Waals surface area contributed by atoms with Crippen LogP contribution in [0, 0.1) is 0 Å². The summed E-state index contributed by atoms with van der Waals surface area (Å²) < 4.78 is 0. The minimum atomic E-state index is 0.148. The summed E-state index contributed by atoms with van der Waals surface area (Å²) in [5.41, 5.74) is 2.45. The Bertz CT molecular complexity index is 246. The van der Waals surface area contributed by atoms with Gasteiger partial charge in [-0.15, -0.1) is 0 Å². The normalized spacial score (nSPS) is 11.7. The van der Waals surface area contributed by atoms with Gasteiger partial charge in [-0.05, 0) is 11.6 Å². The van der Waals surface area contributed by atoms with Crippen LogP contribution in [0.15, 0.2) is 18.3 Å². The number of nitrogens with zero attached hydrogens (tertiary/aromatic N) is 1. The van der Waals surface area contributed by atoms with Crippen LogP contribution in [0.5, 0.6) is 0 Å². The highest BCUT2D eigenvalue weighted by atomic mass is 32.1. The smallest absolute Gasteiger partial charge is 0.0457 e. The number of hydrogen-bond donors (Lipinski definition) is 1. The van der Waals surface area contributed by atoms with Crippen LogP contribution in [0.1, 0.15) is 32.0 Å². The van der Waals surface area contributed by atoms with E-state index in [1.807, 2.05) is 6.20 Å². The summed E-state index contributed by atoms with van der Waals surface area (Å²) in [6, 6.07) is 4.16. The molecule has 0 aliphatic heterocycles. The Morgan fingerprint density at radius 2 is 2.00 bits per heavy atom. The molecule has 0 aliphatic carbocycles. The maximum absolute atomic E-state index is 4.37. The highest BCUT2D eigenvalue weighted by Crippen LogP contribution is 2.19. The van der Waals surface area contributed by atoms with Crippen molar-refractivity contribution >= 4 is 12.6 Å². The Hall–Kier alpha value is -0.500. The minimum Gasteiger partial charge on any atom is -0.260 e. The van der Waals surface area contributed by atoms with E-state index in [2.05, 4.69) is 50.5 Å². The third kappa shape index (κ3) is 2.24. The molecule has 0 atom stereocenters. The molecule has 0 fully saturated rings. The molecule has 0 saturated carbocycles. The second kappa shape index (κ2) is 3.48. The van der Waals surface area contributed by atoms with Crippen molar-refractivity contribution < 1.29 is 0 Å². The van der Waals surface area contributed by atoms with E-state index >= 15 is 0 Å². The van der Waals surface area contributed by atoms with E-state index in [-0.39, 0.29) is 5.41 Å². The van der Waals surface area contributed by atoms with E-state index in [9.17, 15) is 0 Å². The van der Waals surface area contributed by atoms with Gasteiger partial charge in [0, 0.05) is 23.1 Å². The van der Waals surface area contributed by atoms with Crippen LogP contribution in [-0.2, 0) is 11.2 Å². The van der Waals surface area contributed by atoms with Gasteiger partial charge in [0.05, 0.1) is 0 Å². The molecule has 0 saturated heterocycles. The molecule has 0 N–H and O–H groups in total. The van der Waals surface area contributed by atoms with Gasteiger partial charge < -0.3 is 0 Å². The fraction of sp³-hybridized carbons (Fsp3) is 0.500. The highest BCUT2D eigenvalue weighted by Gasteiger charge is 2.14. The van der Waals surface area contributed by atoms with Gasteiger partial charge in [0.25, 0.3) is 0 Å². The molecule has 0 amide bonds. The van der Waals surface area contributed by atoms with Crippen LogP contribution in [0.25, 0.3) is 0 Å². The zero-order chi connectivity index (χ0) is 9.19. The van der Waals surface area contributed by atoms with Crippen LogP contribution in [0.2, 0.25) is 0 Å². The third-order valence-corrected chi connectivity index (χ3v) is 2.14. The second-order valence-corrected chi connectivity index (χ2v) is 4.28. The van der Waals surface area contributed by atoms with Crippen LogP contribution in [0.3, 0.4) is 0 Å². The van der Waals surface area contributed by atoms with E-state index in [4.69, 9.17) is 0 Å². The summed E-state index contributed by atoms with van der Waals surface area (Å²) in [6.07, 6.45) is 1.90. The summed E-state index contributed by atoms with van der Waals surface area (Å²) in [5, 5.41) is 0. The number of rotatable bonds is 1. The quantitative estimate of drug-likeness (QED) is 0.657. The maximum Gasteiger partial charge on any atom is 0.0457 e. The first kappa shape index (κ1) is 9.59. The largest absolute Gasteiger partial charge is 0.260 e. The molecule has 0 spiro atoms. The number of pyridine rings is 1. The highest BCUT2D eigenvalue weighted by molar-refractivity contribution is 7.79. The molecule has 66 valence electrons. The van der Waals surface area contributed by atoms with Gasteiger partial charge in [0.15, 0.2) is 0 Å². The molecule has 1 aromatic heterocycles. The molecule has 0 unspecified atom stereocenters. The fourth-order valence-corrected chi connectivity index (χ4v) is 1.15. The van der Waals surface area contributed by atoms with Crippen molar-refractivity contribution in [3.63, 3.8) is 0 Å². The lowest BCUT2D eigenvalue weighted by atomic mass is 9.91. The van der Waals surface area contributed by atoms with Crippen LogP contribution in [0.4, 0.5) is 0 Å². The predicted octanol–water partition coefficient (Wildman–Crippen LogP) is 2.81. The van der Waals surface area contributed by atoms with Crippen molar-refractivity contribution in [1.82, 2.24) is 4.98 Å². The second-order valence-electron chi connectivity index (χ2n) is 3.96. The van der Waals surface area contributed by atoms with Gasteiger partial charge in [0.2, 0.25) is 0 Å². The average molecular weight is 181 g/mol. The Kier molecular flexibility index (Phi) is 2.78.